The fourth-order valence-corrected chi connectivity index (χ4v) is 4.04. The fraction of sp³-hybridized carbons (Fsp3) is 0.250. The van der Waals surface area contributed by atoms with Crippen LogP contribution in [0.4, 0.5) is 34.9 Å². The van der Waals surface area contributed by atoms with E-state index >= 15 is 0 Å². The highest BCUT2D eigenvalue weighted by Gasteiger charge is 2.13. The normalized spacial score (nSPS) is 11.9. The molecule has 0 unspecified atom stereocenters. The van der Waals surface area contributed by atoms with Gasteiger partial charge in [-0.25, -0.2) is 5.26 Å². The molecule has 0 aliphatic rings. The quantitative estimate of drug-likeness (QED) is 0.0436. The van der Waals surface area contributed by atoms with Crippen LogP contribution >= 0.6 is 12.0 Å². The Morgan fingerprint density at radius 1 is 0.854 bits per heavy atom. The average molecular weight is 633 g/mol. The Balaban J connectivity index is 1.80. The summed E-state index contributed by atoms with van der Waals surface area (Å²) in [6.07, 6.45) is 0. The Kier molecular flexibility index (Phi) is 11.5. The minimum Gasteiger partial charge on any atom is -0.494 e. The maximum atomic E-state index is 11.0. The second kappa shape index (κ2) is 14.8. The van der Waals surface area contributed by atoms with Crippen molar-refractivity contribution in [2.45, 2.75) is 4.90 Å². The molecule has 0 saturated heterocycles. The van der Waals surface area contributed by atoms with Crippen molar-refractivity contribution in [3.63, 3.8) is 0 Å². The van der Waals surface area contributed by atoms with Gasteiger partial charge >= 0.3 is 0 Å². The smallest absolute Gasteiger partial charge is 0.266 e. The summed E-state index contributed by atoms with van der Waals surface area (Å²) in [6.45, 7) is -0.473. The lowest BCUT2D eigenvalue weighted by Gasteiger charge is -2.13. The number of nitrogens with zero attached hydrogens (tertiary/aromatic N) is 5. The number of aromatic nitrogens is 3. The van der Waals surface area contributed by atoms with E-state index in [1.807, 2.05) is 0 Å². The second-order valence-electron chi connectivity index (χ2n) is 7.66. The van der Waals surface area contributed by atoms with Crippen molar-refractivity contribution in [3.8, 4) is 5.75 Å². The summed E-state index contributed by atoms with van der Waals surface area (Å²) >= 11 is 0.774. The molecule has 3 aromatic rings. The molecular formula is C20H24N8O10S3. The minimum atomic E-state index is -4.25. The summed E-state index contributed by atoms with van der Waals surface area (Å²) in [5.41, 5.74) is 1.31. The van der Waals surface area contributed by atoms with E-state index in [1.165, 1.54) is 7.11 Å². The predicted molar refractivity (Wildman–Crippen MR) is 147 cm³/mol. The van der Waals surface area contributed by atoms with Crippen molar-refractivity contribution >= 4 is 67.2 Å². The van der Waals surface area contributed by atoms with Crippen molar-refractivity contribution < 1.29 is 45.3 Å². The molecule has 21 heteroatoms. The van der Waals surface area contributed by atoms with Gasteiger partial charge in [0.2, 0.25) is 17.8 Å². The highest BCUT2D eigenvalue weighted by atomic mass is 32.2. The number of rotatable bonds is 16. The first-order valence-corrected chi connectivity index (χ1v) is 15.2. The predicted octanol–water partition coefficient (Wildman–Crippen LogP) is 3.07. The van der Waals surface area contributed by atoms with Gasteiger partial charge in [0.15, 0.2) is 0 Å². The van der Waals surface area contributed by atoms with Crippen LogP contribution in [0, 0.1) is 0 Å². The molecule has 1 aromatic heterocycles. The van der Waals surface area contributed by atoms with Crippen LogP contribution in [0.5, 0.6) is 5.75 Å². The first-order chi connectivity index (χ1) is 19.4. The maximum Gasteiger partial charge on any atom is 0.266 e. The number of benzene rings is 2. The highest BCUT2D eigenvalue weighted by molar-refractivity contribution is 7.94. The summed E-state index contributed by atoms with van der Waals surface area (Å²) < 4.78 is 71.8. The zero-order valence-electron chi connectivity index (χ0n) is 21.0. The van der Waals surface area contributed by atoms with E-state index in [9.17, 15) is 16.8 Å². The third kappa shape index (κ3) is 11.7. The maximum absolute atomic E-state index is 11.0. The van der Waals surface area contributed by atoms with Crippen molar-refractivity contribution in [2.24, 2.45) is 10.2 Å². The molecule has 18 nitrogen and oxygen atoms in total. The Morgan fingerprint density at radius 3 is 2.00 bits per heavy atom. The van der Waals surface area contributed by atoms with E-state index < -0.39 is 31.7 Å². The molecule has 3 rings (SSSR count). The molecule has 1 heterocycles. The molecule has 222 valence electrons. The number of ether oxygens (including phenoxy) is 1. The molecular weight excluding hydrogens is 608 g/mol. The SMILES string of the molecule is COc1cc(N=Nc2cccc(SOOO)c2)ccc1Nc1nc(NCCS(=O)(=O)O)nc(NCCS(=O)(=O)O)n1. The van der Waals surface area contributed by atoms with E-state index in [0.29, 0.717) is 27.7 Å². The molecule has 41 heavy (non-hydrogen) atoms. The van der Waals surface area contributed by atoms with Gasteiger partial charge in [-0.3, -0.25) is 9.11 Å². The number of anilines is 4. The summed E-state index contributed by atoms with van der Waals surface area (Å²) in [5.74, 6) is -1.15. The van der Waals surface area contributed by atoms with E-state index in [2.05, 4.69) is 50.5 Å². The van der Waals surface area contributed by atoms with Crippen LogP contribution in [0.15, 0.2) is 57.6 Å². The second-order valence-corrected chi connectivity index (χ2v) is 11.6. The van der Waals surface area contributed by atoms with Crippen LogP contribution in [0.2, 0.25) is 0 Å². The van der Waals surface area contributed by atoms with Crippen LogP contribution in [-0.4, -0.2) is 77.9 Å². The Morgan fingerprint density at radius 2 is 1.44 bits per heavy atom. The topological polar surface area (TPSA) is 256 Å². The van der Waals surface area contributed by atoms with Gasteiger partial charge in [-0.2, -0.15) is 42.0 Å². The van der Waals surface area contributed by atoms with E-state index in [-0.39, 0.29) is 30.9 Å². The standard InChI is InChI=1S/C20H24N8O10S3/c1-36-17-12-14(28-27-13-3-2-4-15(11-13)39-38-37-29)5-6-16(17)23-20-25-18(21-7-9-40(30,31)32)24-19(26-20)22-8-10-41(33,34)35/h2-6,11-12,29H,7-10H2,1H3,(H,30,31,32)(H,33,34,35)(H3,21,22,23,24,25,26). The minimum absolute atomic E-state index is 0.0419. The van der Waals surface area contributed by atoms with Gasteiger partial charge in [-0.05, 0) is 30.3 Å². The zero-order chi connectivity index (χ0) is 29.9. The van der Waals surface area contributed by atoms with Crippen LogP contribution in [0.25, 0.3) is 0 Å². The molecule has 0 atom stereocenters. The molecule has 2 aromatic carbocycles. The summed E-state index contributed by atoms with van der Waals surface area (Å²) in [6, 6.07) is 11.6. The first kappa shape index (κ1) is 31.8. The first-order valence-electron chi connectivity index (χ1n) is 11.2. The van der Waals surface area contributed by atoms with E-state index in [0.717, 1.165) is 12.0 Å². The fourth-order valence-electron chi connectivity index (χ4n) is 2.91. The lowest BCUT2D eigenvalue weighted by molar-refractivity contribution is -0.432. The number of hydrogen-bond donors (Lipinski definition) is 6. The molecule has 6 N–H and O–H groups in total. The van der Waals surface area contributed by atoms with Gasteiger partial charge in [-0.15, -0.1) is 4.33 Å². The summed E-state index contributed by atoms with van der Waals surface area (Å²) in [5, 5.41) is 28.4. The number of methoxy groups -OCH3 is 1. The number of nitrogens with one attached hydrogen (secondary N) is 3. The van der Waals surface area contributed by atoms with E-state index in [1.54, 1.807) is 42.5 Å². The largest absolute Gasteiger partial charge is 0.494 e. The zero-order valence-corrected chi connectivity index (χ0v) is 23.5. The molecule has 0 radical (unpaired) electrons. The molecule has 0 saturated carbocycles. The molecule has 0 bridgehead atoms. The number of hydrogen-bond acceptors (Lipinski definition) is 17. The monoisotopic (exact) mass is 632 g/mol. The van der Waals surface area contributed by atoms with Gasteiger partial charge < -0.3 is 20.7 Å². The van der Waals surface area contributed by atoms with Crippen LogP contribution in [0.1, 0.15) is 0 Å². The van der Waals surface area contributed by atoms with Crippen LogP contribution < -0.4 is 20.7 Å². The molecule has 0 amide bonds. The Bertz CT molecular complexity index is 1520. The lowest BCUT2D eigenvalue weighted by Crippen LogP contribution is -2.19. The summed E-state index contributed by atoms with van der Waals surface area (Å²) in [4.78, 5) is 12.9. The highest BCUT2D eigenvalue weighted by Crippen LogP contribution is 2.32. The van der Waals surface area contributed by atoms with Gasteiger partial charge in [0, 0.05) is 24.1 Å². The van der Waals surface area contributed by atoms with Gasteiger partial charge in [0.1, 0.15) is 5.75 Å². The molecule has 0 fully saturated rings. The Hall–Kier alpha value is -3.70. The van der Waals surface area contributed by atoms with Crippen molar-refractivity contribution in [1.82, 2.24) is 15.0 Å². The van der Waals surface area contributed by atoms with Crippen molar-refractivity contribution in [3.05, 3.63) is 42.5 Å². The molecule has 0 spiro atoms. The Labute approximate surface area is 238 Å². The van der Waals surface area contributed by atoms with Gasteiger partial charge in [-0.1, -0.05) is 11.1 Å². The van der Waals surface area contributed by atoms with Crippen molar-refractivity contribution in [1.29, 1.82) is 0 Å². The average Bonchev–Trinajstić information content (AvgIpc) is 2.90. The third-order valence-corrected chi connectivity index (χ3v) is 6.63. The van der Waals surface area contributed by atoms with E-state index in [4.69, 9.17) is 19.1 Å². The third-order valence-electron chi connectivity index (χ3n) is 4.61. The van der Waals surface area contributed by atoms with Crippen LogP contribution in [0.3, 0.4) is 0 Å². The molecule has 0 aliphatic carbocycles. The number of azo groups is 1. The van der Waals surface area contributed by atoms with Gasteiger partial charge in [0.05, 0.1) is 47.7 Å². The van der Waals surface area contributed by atoms with Crippen LogP contribution in [-0.2, 0) is 29.6 Å². The van der Waals surface area contributed by atoms with Crippen molar-refractivity contribution in [2.75, 3.05) is 47.7 Å². The lowest BCUT2D eigenvalue weighted by atomic mass is 10.2. The molecule has 0 aliphatic heterocycles. The van der Waals surface area contributed by atoms with Gasteiger partial charge in [0.25, 0.3) is 20.2 Å². The summed E-state index contributed by atoms with van der Waals surface area (Å²) in [7, 11) is -7.08.